The van der Waals surface area contributed by atoms with Gasteiger partial charge in [0.15, 0.2) is 0 Å². The smallest absolute Gasteiger partial charge is 0.0422 e. The molecular formula is C12H24N2. The fourth-order valence-corrected chi connectivity index (χ4v) is 2.07. The molecule has 1 rings (SSSR count). The molecule has 0 radical (unpaired) electrons. The van der Waals surface area contributed by atoms with Gasteiger partial charge in [0.1, 0.15) is 0 Å². The molecule has 0 saturated carbocycles. The average molecular weight is 196 g/mol. The maximum absolute atomic E-state index is 5.62. The highest BCUT2D eigenvalue weighted by molar-refractivity contribution is 5.12. The minimum atomic E-state index is 0.422. The second-order valence-corrected chi connectivity index (χ2v) is 4.49. The zero-order chi connectivity index (χ0) is 10.4. The summed E-state index contributed by atoms with van der Waals surface area (Å²) in [6.45, 7) is 4.54. The van der Waals surface area contributed by atoms with Gasteiger partial charge in [0.05, 0.1) is 0 Å². The van der Waals surface area contributed by atoms with Crippen LogP contribution in [0.5, 0.6) is 0 Å². The first-order chi connectivity index (χ1) is 6.77. The van der Waals surface area contributed by atoms with Gasteiger partial charge < -0.3 is 0 Å². The van der Waals surface area contributed by atoms with E-state index in [9.17, 15) is 0 Å². The lowest BCUT2D eigenvalue weighted by Crippen LogP contribution is -2.38. The number of hydrazine groups is 1. The van der Waals surface area contributed by atoms with Crippen molar-refractivity contribution in [1.29, 1.82) is 0 Å². The van der Waals surface area contributed by atoms with E-state index in [1.54, 1.807) is 5.57 Å². The third kappa shape index (κ3) is 3.43. The normalized spacial score (nSPS) is 21.5. The Bertz CT molecular complexity index is 187. The molecule has 2 atom stereocenters. The minimum Gasteiger partial charge on any atom is -0.271 e. The number of hydrogen-bond acceptors (Lipinski definition) is 2. The molecule has 0 fully saturated rings. The summed E-state index contributed by atoms with van der Waals surface area (Å²) in [5.41, 5.74) is 4.51. The molecule has 3 N–H and O–H groups in total. The van der Waals surface area contributed by atoms with E-state index in [2.05, 4.69) is 25.3 Å². The van der Waals surface area contributed by atoms with Crippen LogP contribution < -0.4 is 11.3 Å². The van der Waals surface area contributed by atoms with E-state index in [0.717, 1.165) is 5.92 Å². The zero-order valence-corrected chi connectivity index (χ0v) is 9.55. The summed E-state index contributed by atoms with van der Waals surface area (Å²) in [6, 6.07) is 0.422. The molecular weight excluding hydrogens is 172 g/mol. The molecule has 2 unspecified atom stereocenters. The Balaban J connectivity index is 2.47. The van der Waals surface area contributed by atoms with Crippen molar-refractivity contribution in [3.05, 3.63) is 11.6 Å². The number of rotatable bonds is 5. The SMILES string of the molecule is CCC(C)CC(NN)C1=CCCCC1. The third-order valence-corrected chi connectivity index (χ3v) is 3.31. The highest BCUT2D eigenvalue weighted by atomic mass is 15.2. The summed E-state index contributed by atoms with van der Waals surface area (Å²) >= 11 is 0. The van der Waals surface area contributed by atoms with Crippen molar-refractivity contribution in [2.45, 2.75) is 58.4 Å². The molecule has 0 aromatic heterocycles. The Labute approximate surface area is 87.9 Å². The van der Waals surface area contributed by atoms with Crippen LogP contribution in [-0.2, 0) is 0 Å². The lowest BCUT2D eigenvalue weighted by atomic mass is 9.88. The van der Waals surface area contributed by atoms with Gasteiger partial charge in [-0.15, -0.1) is 0 Å². The van der Waals surface area contributed by atoms with Gasteiger partial charge in [-0.25, -0.2) is 0 Å². The van der Waals surface area contributed by atoms with Crippen LogP contribution in [0, 0.1) is 5.92 Å². The van der Waals surface area contributed by atoms with Crippen LogP contribution in [0.25, 0.3) is 0 Å². The lowest BCUT2D eigenvalue weighted by Gasteiger charge is -2.24. The van der Waals surface area contributed by atoms with Crippen LogP contribution in [0.3, 0.4) is 0 Å². The van der Waals surface area contributed by atoms with E-state index in [1.807, 2.05) is 0 Å². The van der Waals surface area contributed by atoms with E-state index in [1.165, 1.54) is 38.5 Å². The lowest BCUT2D eigenvalue weighted by molar-refractivity contribution is 0.418. The quantitative estimate of drug-likeness (QED) is 0.403. The first-order valence-electron chi connectivity index (χ1n) is 5.93. The first kappa shape index (κ1) is 11.7. The predicted molar refractivity (Wildman–Crippen MR) is 61.7 cm³/mol. The Hall–Kier alpha value is -0.340. The fraction of sp³-hybridized carbons (Fsp3) is 0.833. The highest BCUT2D eigenvalue weighted by Gasteiger charge is 2.16. The maximum atomic E-state index is 5.62. The molecule has 1 aliphatic carbocycles. The van der Waals surface area contributed by atoms with Crippen LogP contribution in [0.15, 0.2) is 11.6 Å². The van der Waals surface area contributed by atoms with Crippen molar-refractivity contribution in [2.75, 3.05) is 0 Å². The summed E-state index contributed by atoms with van der Waals surface area (Å²) in [6.07, 6.45) is 9.98. The van der Waals surface area contributed by atoms with Crippen LogP contribution in [0.2, 0.25) is 0 Å². The van der Waals surface area contributed by atoms with Gasteiger partial charge in [-0.2, -0.15) is 0 Å². The van der Waals surface area contributed by atoms with Crippen LogP contribution in [-0.4, -0.2) is 6.04 Å². The Morgan fingerprint density at radius 3 is 2.79 bits per heavy atom. The second kappa shape index (κ2) is 6.20. The van der Waals surface area contributed by atoms with Crippen molar-refractivity contribution in [3.63, 3.8) is 0 Å². The topological polar surface area (TPSA) is 38.0 Å². The highest BCUT2D eigenvalue weighted by Crippen LogP contribution is 2.24. The van der Waals surface area contributed by atoms with E-state index in [0.29, 0.717) is 6.04 Å². The number of nitrogens with one attached hydrogen (secondary N) is 1. The molecule has 2 heteroatoms. The predicted octanol–water partition coefficient (Wildman–Crippen LogP) is 2.75. The molecule has 14 heavy (non-hydrogen) atoms. The van der Waals surface area contributed by atoms with E-state index in [4.69, 9.17) is 5.84 Å². The molecule has 0 aromatic carbocycles. The van der Waals surface area contributed by atoms with Crippen molar-refractivity contribution in [2.24, 2.45) is 11.8 Å². The number of nitrogens with two attached hydrogens (primary N) is 1. The Morgan fingerprint density at radius 2 is 2.29 bits per heavy atom. The summed E-state index contributed by atoms with van der Waals surface area (Å²) in [4.78, 5) is 0. The Kier molecular flexibility index (Phi) is 5.20. The van der Waals surface area contributed by atoms with Crippen LogP contribution >= 0.6 is 0 Å². The largest absolute Gasteiger partial charge is 0.271 e. The van der Waals surface area contributed by atoms with Gasteiger partial charge in [-0.3, -0.25) is 11.3 Å². The monoisotopic (exact) mass is 196 g/mol. The van der Waals surface area contributed by atoms with Crippen LogP contribution in [0.1, 0.15) is 52.4 Å². The summed E-state index contributed by atoms with van der Waals surface area (Å²) in [5.74, 6) is 6.38. The van der Waals surface area contributed by atoms with E-state index < -0.39 is 0 Å². The van der Waals surface area contributed by atoms with Crippen molar-refractivity contribution >= 4 is 0 Å². The molecule has 2 nitrogen and oxygen atoms in total. The van der Waals surface area contributed by atoms with Gasteiger partial charge in [-0.05, 0) is 38.0 Å². The molecule has 0 aliphatic heterocycles. The van der Waals surface area contributed by atoms with Crippen molar-refractivity contribution in [3.8, 4) is 0 Å². The molecule has 0 spiro atoms. The van der Waals surface area contributed by atoms with Crippen LogP contribution in [0.4, 0.5) is 0 Å². The molecule has 0 amide bonds. The van der Waals surface area contributed by atoms with Gasteiger partial charge in [0.25, 0.3) is 0 Å². The van der Waals surface area contributed by atoms with Gasteiger partial charge in [0.2, 0.25) is 0 Å². The minimum absolute atomic E-state index is 0.422. The summed E-state index contributed by atoms with van der Waals surface area (Å²) < 4.78 is 0. The molecule has 1 aliphatic rings. The second-order valence-electron chi connectivity index (χ2n) is 4.49. The van der Waals surface area contributed by atoms with Gasteiger partial charge in [0, 0.05) is 6.04 Å². The third-order valence-electron chi connectivity index (χ3n) is 3.31. The summed E-state index contributed by atoms with van der Waals surface area (Å²) in [5, 5.41) is 0. The van der Waals surface area contributed by atoms with Gasteiger partial charge in [-0.1, -0.05) is 31.9 Å². The summed E-state index contributed by atoms with van der Waals surface area (Å²) in [7, 11) is 0. The molecule has 82 valence electrons. The van der Waals surface area contributed by atoms with E-state index in [-0.39, 0.29) is 0 Å². The number of hydrogen-bond donors (Lipinski definition) is 2. The van der Waals surface area contributed by atoms with E-state index >= 15 is 0 Å². The standard InChI is InChI=1S/C12H24N2/c1-3-10(2)9-12(14-13)11-7-5-4-6-8-11/h7,10,12,14H,3-6,8-9,13H2,1-2H3. The zero-order valence-electron chi connectivity index (χ0n) is 9.55. The molecule has 0 aromatic rings. The molecule has 0 heterocycles. The van der Waals surface area contributed by atoms with Crippen molar-refractivity contribution in [1.82, 2.24) is 5.43 Å². The first-order valence-corrected chi connectivity index (χ1v) is 5.93. The molecule has 0 bridgehead atoms. The Morgan fingerprint density at radius 1 is 1.50 bits per heavy atom. The van der Waals surface area contributed by atoms with Gasteiger partial charge >= 0.3 is 0 Å². The molecule has 0 saturated heterocycles. The average Bonchev–Trinajstić information content (AvgIpc) is 2.26. The fourth-order valence-electron chi connectivity index (χ4n) is 2.07. The number of allylic oxidation sites excluding steroid dienone is 1. The van der Waals surface area contributed by atoms with Crippen molar-refractivity contribution < 1.29 is 0 Å². The maximum Gasteiger partial charge on any atom is 0.0422 e.